The molecule has 0 saturated heterocycles. The van der Waals surface area contributed by atoms with Crippen LogP contribution in [0.3, 0.4) is 0 Å². The highest BCUT2D eigenvalue weighted by Crippen LogP contribution is 2.35. The van der Waals surface area contributed by atoms with Gasteiger partial charge in [-0.15, -0.1) is 12.4 Å². The van der Waals surface area contributed by atoms with E-state index in [1.165, 1.54) is 6.07 Å². The van der Waals surface area contributed by atoms with Gasteiger partial charge in [0, 0.05) is 17.8 Å². The van der Waals surface area contributed by atoms with Gasteiger partial charge in [-0.2, -0.15) is 0 Å². The van der Waals surface area contributed by atoms with E-state index in [0.29, 0.717) is 30.4 Å². The van der Waals surface area contributed by atoms with Crippen LogP contribution in [0.1, 0.15) is 30.0 Å². The molecule has 26 heavy (non-hydrogen) atoms. The van der Waals surface area contributed by atoms with Crippen molar-refractivity contribution in [3.05, 3.63) is 47.5 Å². The van der Waals surface area contributed by atoms with Gasteiger partial charge in [-0.05, 0) is 54.7 Å². The molecule has 2 aliphatic rings. The van der Waals surface area contributed by atoms with E-state index in [-0.39, 0.29) is 23.3 Å². The van der Waals surface area contributed by atoms with Gasteiger partial charge < -0.3 is 15.2 Å². The molecule has 1 unspecified atom stereocenters. The normalized spacial score (nSPS) is 18.5. The van der Waals surface area contributed by atoms with Crippen molar-refractivity contribution in [2.75, 3.05) is 18.9 Å². The van der Waals surface area contributed by atoms with E-state index in [1.54, 1.807) is 12.1 Å². The number of fused-ring (bicyclic) bond motifs is 2. The first-order chi connectivity index (χ1) is 12.0. The molecule has 2 aromatic carbocycles. The van der Waals surface area contributed by atoms with Crippen LogP contribution in [0.25, 0.3) is 0 Å². The Balaban J connectivity index is 0.00000196. The molecule has 0 saturated carbocycles. The fourth-order valence-corrected chi connectivity index (χ4v) is 4.67. The Hall–Kier alpha value is -1.96. The Bertz CT molecular complexity index is 917. The highest BCUT2D eigenvalue weighted by molar-refractivity contribution is 7.89. The molecule has 1 heterocycles. The lowest BCUT2D eigenvalue weighted by Gasteiger charge is -2.27. The number of halogens is 1. The summed E-state index contributed by atoms with van der Waals surface area (Å²) in [4.78, 5) is 0.180. The van der Waals surface area contributed by atoms with Gasteiger partial charge in [0.15, 0.2) is 11.5 Å². The Morgan fingerprint density at radius 1 is 1.04 bits per heavy atom. The van der Waals surface area contributed by atoms with E-state index in [9.17, 15) is 8.42 Å². The molecule has 0 bridgehead atoms. The van der Waals surface area contributed by atoms with Crippen LogP contribution < -0.4 is 19.9 Å². The van der Waals surface area contributed by atoms with Gasteiger partial charge in [-0.25, -0.2) is 13.1 Å². The van der Waals surface area contributed by atoms with Crippen LogP contribution in [0.4, 0.5) is 5.69 Å². The summed E-state index contributed by atoms with van der Waals surface area (Å²) in [6, 6.07) is 10.1. The maximum Gasteiger partial charge on any atom is 0.241 e. The maximum atomic E-state index is 12.8. The first-order valence-corrected chi connectivity index (χ1v) is 9.81. The fourth-order valence-electron chi connectivity index (χ4n) is 3.40. The molecule has 0 amide bonds. The van der Waals surface area contributed by atoms with Gasteiger partial charge in [0.2, 0.25) is 10.0 Å². The largest absolute Gasteiger partial charge is 0.486 e. The van der Waals surface area contributed by atoms with Crippen molar-refractivity contribution in [3.8, 4) is 11.5 Å². The summed E-state index contributed by atoms with van der Waals surface area (Å²) < 4.78 is 39.4. The van der Waals surface area contributed by atoms with Crippen molar-refractivity contribution in [1.82, 2.24) is 4.72 Å². The maximum absolute atomic E-state index is 12.8. The summed E-state index contributed by atoms with van der Waals surface area (Å²) in [6.45, 7) is 0.890. The summed E-state index contributed by atoms with van der Waals surface area (Å²) in [5.41, 5.74) is 8.66. The number of ether oxygens (including phenoxy) is 2. The molecule has 1 atom stereocenters. The minimum absolute atomic E-state index is 0. The predicted molar refractivity (Wildman–Crippen MR) is 102 cm³/mol. The van der Waals surface area contributed by atoms with Gasteiger partial charge in [-0.3, -0.25) is 0 Å². The second-order valence-corrected chi connectivity index (χ2v) is 8.04. The number of hydrogen-bond donors (Lipinski definition) is 2. The summed E-state index contributed by atoms with van der Waals surface area (Å²) >= 11 is 0. The zero-order chi connectivity index (χ0) is 17.4. The third-order valence-corrected chi connectivity index (χ3v) is 6.07. The van der Waals surface area contributed by atoms with Crippen LogP contribution in [0.5, 0.6) is 11.5 Å². The first kappa shape index (κ1) is 18.8. The number of nitrogen functional groups attached to an aromatic ring is 1. The molecule has 1 aliphatic heterocycles. The predicted octanol–water partition coefficient (Wildman–Crippen LogP) is 2.82. The third-order valence-electron chi connectivity index (χ3n) is 4.60. The molecule has 3 N–H and O–H groups in total. The van der Waals surface area contributed by atoms with Gasteiger partial charge in [0.25, 0.3) is 0 Å². The van der Waals surface area contributed by atoms with Crippen LogP contribution in [0.15, 0.2) is 41.3 Å². The minimum Gasteiger partial charge on any atom is -0.486 e. The lowest BCUT2D eigenvalue weighted by Crippen LogP contribution is -2.31. The minimum atomic E-state index is -3.66. The van der Waals surface area contributed by atoms with Gasteiger partial charge in [0.1, 0.15) is 13.2 Å². The number of anilines is 1. The number of nitrogens with one attached hydrogen (secondary N) is 1. The van der Waals surface area contributed by atoms with Gasteiger partial charge >= 0.3 is 0 Å². The number of rotatable bonds is 3. The zero-order valence-corrected chi connectivity index (χ0v) is 15.7. The second-order valence-electron chi connectivity index (χ2n) is 6.33. The Labute approximate surface area is 159 Å². The average molecular weight is 397 g/mol. The standard InChI is InChI=1S/C18H20N2O4S.ClH/c19-13-4-6-15-12(10-13)2-1-3-16(15)20-25(21,22)14-5-7-17-18(11-14)24-9-8-23-17;/h4-7,10-11,16,20H,1-3,8-9,19H2;1H. The molecule has 0 spiro atoms. The van der Waals surface area contributed by atoms with E-state index in [4.69, 9.17) is 15.2 Å². The van der Waals surface area contributed by atoms with Crippen LogP contribution in [0, 0.1) is 0 Å². The van der Waals surface area contributed by atoms with E-state index < -0.39 is 10.0 Å². The van der Waals surface area contributed by atoms with E-state index in [2.05, 4.69) is 4.72 Å². The van der Waals surface area contributed by atoms with E-state index in [1.807, 2.05) is 18.2 Å². The number of nitrogens with two attached hydrogens (primary N) is 1. The lowest BCUT2D eigenvalue weighted by atomic mass is 9.88. The lowest BCUT2D eigenvalue weighted by molar-refractivity contribution is 0.171. The number of sulfonamides is 1. The number of hydrogen-bond acceptors (Lipinski definition) is 5. The highest BCUT2D eigenvalue weighted by atomic mass is 35.5. The number of aryl methyl sites for hydroxylation is 1. The van der Waals surface area contributed by atoms with Crippen molar-refractivity contribution in [2.45, 2.75) is 30.2 Å². The van der Waals surface area contributed by atoms with Crippen LogP contribution in [-0.2, 0) is 16.4 Å². The highest BCUT2D eigenvalue weighted by Gasteiger charge is 2.27. The Morgan fingerprint density at radius 2 is 1.81 bits per heavy atom. The monoisotopic (exact) mass is 396 g/mol. The van der Waals surface area contributed by atoms with E-state index in [0.717, 1.165) is 30.4 Å². The average Bonchev–Trinajstić information content (AvgIpc) is 2.61. The Morgan fingerprint density at radius 3 is 2.62 bits per heavy atom. The number of benzene rings is 2. The van der Waals surface area contributed by atoms with Crippen molar-refractivity contribution in [1.29, 1.82) is 0 Å². The molecule has 2 aromatic rings. The first-order valence-electron chi connectivity index (χ1n) is 8.33. The van der Waals surface area contributed by atoms with Gasteiger partial charge in [0.05, 0.1) is 4.90 Å². The molecule has 6 nitrogen and oxygen atoms in total. The SMILES string of the molecule is Cl.Nc1ccc2c(c1)CCCC2NS(=O)(=O)c1ccc2c(c1)OCCO2. The van der Waals surface area contributed by atoms with Crippen molar-refractivity contribution >= 4 is 28.1 Å². The summed E-state index contributed by atoms with van der Waals surface area (Å²) in [7, 11) is -3.66. The quantitative estimate of drug-likeness (QED) is 0.778. The summed E-state index contributed by atoms with van der Waals surface area (Å²) in [5, 5.41) is 0. The molecular formula is C18H21ClN2O4S. The summed E-state index contributed by atoms with van der Waals surface area (Å²) in [5.74, 6) is 1.04. The van der Waals surface area contributed by atoms with Gasteiger partial charge in [-0.1, -0.05) is 6.07 Å². The third kappa shape index (κ3) is 3.60. The fraction of sp³-hybridized carbons (Fsp3) is 0.333. The molecule has 0 fully saturated rings. The van der Waals surface area contributed by atoms with Crippen LogP contribution in [0.2, 0.25) is 0 Å². The van der Waals surface area contributed by atoms with E-state index >= 15 is 0 Å². The molecular weight excluding hydrogens is 376 g/mol. The second kappa shape index (κ2) is 7.34. The Kier molecular flexibility index (Phi) is 5.32. The summed E-state index contributed by atoms with van der Waals surface area (Å²) in [6.07, 6.45) is 2.61. The molecule has 8 heteroatoms. The molecule has 0 aromatic heterocycles. The zero-order valence-electron chi connectivity index (χ0n) is 14.1. The topological polar surface area (TPSA) is 90.7 Å². The van der Waals surface area contributed by atoms with Crippen molar-refractivity contribution in [3.63, 3.8) is 0 Å². The molecule has 4 rings (SSSR count). The van der Waals surface area contributed by atoms with Crippen molar-refractivity contribution in [2.24, 2.45) is 0 Å². The smallest absolute Gasteiger partial charge is 0.241 e. The molecule has 140 valence electrons. The van der Waals surface area contributed by atoms with Crippen LogP contribution >= 0.6 is 12.4 Å². The van der Waals surface area contributed by atoms with Crippen molar-refractivity contribution < 1.29 is 17.9 Å². The van der Waals surface area contributed by atoms with Crippen LogP contribution in [-0.4, -0.2) is 21.6 Å². The molecule has 1 aliphatic carbocycles. The molecule has 0 radical (unpaired) electrons.